The molecule has 0 bridgehead atoms. The highest BCUT2D eigenvalue weighted by Gasteiger charge is 2.33. The van der Waals surface area contributed by atoms with Crippen molar-refractivity contribution in [3.63, 3.8) is 0 Å². The molecular formula is C37H35ClF3N9O7. The summed E-state index contributed by atoms with van der Waals surface area (Å²) in [6.07, 6.45) is -3.71. The maximum Gasteiger partial charge on any atom is 0.416 e. The van der Waals surface area contributed by atoms with Gasteiger partial charge in [0.1, 0.15) is 24.7 Å². The minimum absolute atomic E-state index is 0.0129. The lowest BCUT2D eigenvalue weighted by Gasteiger charge is -2.36. The second-order valence-corrected chi connectivity index (χ2v) is 14.1. The average molecular weight is 810 g/mol. The number of benzene rings is 2. The molecule has 0 unspecified atom stereocenters. The number of ether oxygens (including phenoxy) is 2. The predicted octanol–water partition coefficient (Wildman–Crippen LogP) is 3.26. The first-order valence-corrected chi connectivity index (χ1v) is 18.5. The topological polar surface area (TPSA) is 178 Å². The number of rotatable bonds is 7. The van der Waals surface area contributed by atoms with Crippen molar-refractivity contribution in [2.45, 2.75) is 52.2 Å². The van der Waals surface area contributed by atoms with E-state index in [1.807, 2.05) is 18.2 Å². The molecule has 2 N–H and O–H groups in total. The minimum atomic E-state index is -4.63. The summed E-state index contributed by atoms with van der Waals surface area (Å²) < 4.78 is 54.7. The Bertz CT molecular complexity index is 2560. The number of anilines is 2. The van der Waals surface area contributed by atoms with Gasteiger partial charge in [0.25, 0.3) is 17.0 Å². The number of aromatic nitrogens is 6. The number of hydrogen-bond donors (Lipinski definition) is 2. The summed E-state index contributed by atoms with van der Waals surface area (Å²) in [4.78, 5) is 66.7. The number of hydrogen-bond acceptors (Lipinski definition) is 11. The van der Waals surface area contributed by atoms with Crippen LogP contribution >= 0.6 is 11.6 Å². The second-order valence-electron chi connectivity index (χ2n) is 13.7. The summed E-state index contributed by atoms with van der Waals surface area (Å²) >= 11 is 6.15. The van der Waals surface area contributed by atoms with Crippen LogP contribution in [0, 0.1) is 0 Å². The van der Waals surface area contributed by atoms with E-state index in [0.29, 0.717) is 30.9 Å². The Kier molecular flexibility index (Phi) is 9.99. The Labute approximate surface area is 326 Å². The number of fused-ring (bicyclic) bond motifs is 3. The van der Waals surface area contributed by atoms with Crippen LogP contribution in [0.1, 0.15) is 45.6 Å². The third-order valence-electron chi connectivity index (χ3n) is 10.3. The first kappa shape index (κ1) is 38.1. The molecule has 20 heteroatoms. The lowest BCUT2D eigenvalue weighted by molar-refractivity contribution is -0.137. The number of nitrogens with zero attached hydrogens (tertiary/aromatic N) is 8. The van der Waals surface area contributed by atoms with Gasteiger partial charge in [-0.3, -0.25) is 23.7 Å². The van der Waals surface area contributed by atoms with Crippen molar-refractivity contribution in [2.75, 3.05) is 49.6 Å². The standard InChI is InChI=1S/C37H35ClF3N9O7/c1-2-26-30(46-8-10-47(11-9-46)33(53)29-31(52)35(55)48-12-14-57-19-27(48)43-29)34(54)50-36(44-32(45-50)21-3-4-22-18-56-13-7-20(22)15-21)49(26)17-28(51)42-25-6-5-23(16-24(25)38)37(39,40)41/h3-6,15-16,52H,2,7-14,17-19H2,1H3,(H,42,51). The van der Waals surface area contributed by atoms with Gasteiger partial charge in [0, 0.05) is 31.7 Å². The molecule has 298 valence electrons. The van der Waals surface area contributed by atoms with Gasteiger partial charge >= 0.3 is 6.18 Å². The van der Waals surface area contributed by atoms with Gasteiger partial charge < -0.3 is 34.3 Å². The van der Waals surface area contributed by atoms with E-state index in [4.69, 9.17) is 26.1 Å². The van der Waals surface area contributed by atoms with Crippen LogP contribution in [-0.4, -0.2) is 89.9 Å². The van der Waals surface area contributed by atoms with Crippen LogP contribution in [0.15, 0.2) is 46.0 Å². The van der Waals surface area contributed by atoms with Gasteiger partial charge in [-0.1, -0.05) is 30.7 Å². The quantitative estimate of drug-likeness (QED) is 0.247. The van der Waals surface area contributed by atoms with Crippen LogP contribution < -0.4 is 21.3 Å². The fraction of sp³-hybridized carbons (Fsp3) is 0.378. The van der Waals surface area contributed by atoms with Crippen molar-refractivity contribution in [3.8, 4) is 17.1 Å². The van der Waals surface area contributed by atoms with Gasteiger partial charge in [-0.05, 0) is 48.2 Å². The Balaban J connectivity index is 1.14. The predicted molar refractivity (Wildman–Crippen MR) is 198 cm³/mol. The summed E-state index contributed by atoms with van der Waals surface area (Å²) in [5, 5.41) is 17.5. The van der Waals surface area contributed by atoms with Crippen molar-refractivity contribution < 1.29 is 37.3 Å². The zero-order valence-electron chi connectivity index (χ0n) is 30.4. The fourth-order valence-electron chi connectivity index (χ4n) is 7.36. The van der Waals surface area contributed by atoms with E-state index in [2.05, 4.69) is 15.4 Å². The number of carbonyl (C=O) groups is 2. The van der Waals surface area contributed by atoms with Gasteiger partial charge in [-0.2, -0.15) is 22.7 Å². The highest BCUT2D eigenvalue weighted by Crippen LogP contribution is 2.34. The molecule has 57 heavy (non-hydrogen) atoms. The van der Waals surface area contributed by atoms with E-state index >= 15 is 0 Å². The second kappa shape index (κ2) is 14.9. The third kappa shape index (κ3) is 7.10. The number of amides is 2. The first-order valence-electron chi connectivity index (χ1n) is 18.2. The van der Waals surface area contributed by atoms with E-state index in [1.165, 1.54) is 14.0 Å². The third-order valence-corrected chi connectivity index (χ3v) is 10.6. The van der Waals surface area contributed by atoms with Crippen LogP contribution in [0.4, 0.5) is 24.5 Å². The molecule has 2 aromatic carbocycles. The van der Waals surface area contributed by atoms with E-state index < -0.39 is 47.0 Å². The van der Waals surface area contributed by atoms with E-state index in [9.17, 15) is 37.5 Å². The van der Waals surface area contributed by atoms with Crippen molar-refractivity contribution in [2.24, 2.45) is 0 Å². The Morgan fingerprint density at radius 2 is 1.72 bits per heavy atom. The number of alkyl halides is 3. The van der Waals surface area contributed by atoms with Crippen LogP contribution in [0.25, 0.3) is 17.2 Å². The molecule has 3 aliphatic heterocycles. The molecule has 1 fully saturated rings. The fourth-order valence-corrected chi connectivity index (χ4v) is 7.59. The van der Waals surface area contributed by atoms with Crippen LogP contribution in [0.3, 0.4) is 0 Å². The zero-order valence-corrected chi connectivity index (χ0v) is 31.2. The lowest BCUT2D eigenvalue weighted by Crippen LogP contribution is -2.51. The molecule has 0 aliphatic carbocycles. The summed E-state index contributed by atoms with van der Waals surface area (Å²) in [7, 11) is 0. The SMILES string of the molecule is CCc1c(N2CCN(C(=O)c3nc4n(c(=O)c3O)CCOC4)CC2)c(=O)n2nc(-c3ccc4c(c3)CCOC4)nc2n1CC(=O)Nc1ccc(C(F)(F)F)cc1Cl. The molecule has 5 aromatic rings. The van der Waals surface area contributed by atoms with Crippen LogP contribution in [0.5, 0.6) is 5.75 Å². The molecule has 6 heterocycles. The average Bonchev–Trinajstić information content (AvgIpc) is 3.66. The number of nitrogens with one attached hydrogen (secondary N) is 1. The molecule has 16 nitrogen and oxygen atoms in total. The molecule has 0 spiro atoms. The van der Waals surface area contributed by atoms with Gasteiger partial charge in [0.15, 0.2) is 11.5 Å². The van der Waals surface area contributed by atoms with Gasteiger partial charge in [0.2, 0.25) is 17.4 Å². The lowest BCUT2D eigenvalue weighted by atomic mass is 10.0. The monoisotopic (exact) mass is 809 g/mol. The maximum atomic E-state index is 14.4. The van der Waals surface area contributed by atoms with Crippen molar-refractivity contribution >= 4 is 40.6 Å². The number of aromatic hydroxyl groups is 1. The minimum Gasteiger partial charge on any atom is -0.501 e. The highest BCUT2D eigenvalue weighted by atomic mass is 35.5. The van der Waals surface area contributed by atoms with Crippen molar-refractivity contribution in [1.82, 2.24) is 33.6 Å². The molecule has 3 aliphatic rings. The zero-order chi connectivity index (χ0) is 40.2. The normalized spacial score (nSPS) is 15.7. The Morgan fingerprint density at radius 3 is 2.46 bits per heavy atom. The molecule has 8 rings (SSSR count). The summed E-state index contributed by atoms with van der Waals surface area (Å²) in [6.45, 7) is 3.36. The number of piperazine rings is 1. The summed E-state index contributed by atoms with van der Waals surface area (Å²) in [5.74, 6) is -1.54. The number of carbonyl (C=O) groups excluding carboxylic acids is 2. The van der Waals surface area contributed by atoms with Crippen molar-refractivity contribution in [3.05, 3.63) is 96.0 Å². The first-order chi connectivity index (χ1) is 27.3. The van der Waals surface area contributed by atoms with E-state index in [1.54, 1.807) is 11.8 Å². The summed E-state index contributed by atoms with van der Waals surface area (Å²) in [5.41, 5.74) is 0.712. The Morgan fingerprint density at radius 1 is 0.947 bits per heavy atom. The van der Waals surface area contributed by atoms with Gasteiger partial charge in [0.05, 0.1) is 48.3 Å². The smallest absolute Gasteiger partial charge is 0.416 e. The molecule has 0 saturated carbocycles. The molecule has 0 atom stereocenters. The van der Waals surface area contributed by atoms with Gasteiger partial charge in [-0.25, -0.2) is 4.98 Å². The van der Waals surface area contributed by atoms with Gasteiger partial charge in [-0.15, -0.1) is 5.10 Å². The molecule has 2 amide bonds. The molecule has 1 saturated heterocycles. The Hall–Kier alpha value is -5.79. The molecule has 0 radical (unpaired) electrons. The van der Waals surface area contributed by atoms with E-state index in [-0.39, 0.29) is 91.9 Å². The summed E-state index contributed by atoms with van der Waals surface area (Å²) in [6, 6.07) is 8.28. The number of halogens is 4. The maximum absolute atomic E-state index is 14.4. The largest absolute Gasteiger partial charge is 0.501 e. The molecular weight excluding hydrogens is 775 g/mol. The molecule has 3 aromatic heterocycles. The van der Waals surface area contributed by atoms with Crippen molar-refractivity contribution in [1.29, 1.82) is 0 Å². The van der Waals surface area contributed by atoms with Crippen LogP contribution in [-0.2, 0) is 59.6 Å². The highest BCUT2D eigenvalue weighted by molar-refractivity contribution is 6.33. The van der Waals surface area contributed by atoms with E-state index in [0.717, 1.165) is 33.8 Å². The van der Waals surface area contributed by atoms with Crippen LogP contribution in [0.2, 0.25) is 5.02 Å².